The molecule has 1 fully saturated rings. The highest BCUT2D eigenvalue weighted by atomic mass is 32.2. The number of benzene rings is 1. The minimum absolute atomic E-state index is 0.0895. The van der Waals surface area contributed by atoms with E-state index in [1.54, 1.807) is 12.1 Å². The van der Waals surface area contributed by atoms with Crippen LogP contribution in [0.4, 0.5) is 0 Å². The third-order valence-corrected chi connectivity index (χ3v) is 5.97. The third kappa shape index (κ3) is 4.43. The maximum absolute atomic E-state index is 12.3. The number of aliphatic hydroxyl groups excluding tert-OH is 1. The van der Waals surface area contributed by atoms with Crippen molar-refractivity contribution in [3.63, 3.8) is 0 Å². The number of hydrogen-bond acceptors (Lipinski definition) is 5. The lowest BCUT2D eigenvalue weighted by atomic mass is 10.1. The second-order valence-electron chi connectivity index (χ2n) is 6.03. The zero-order valence-electron chi connectivity index (χ0n) is 13.2. The molecule has 23 heavy (non-hydrogen) atoms. The highest BCUT2D eigenvalue weighted by Crippen LogP contribution is 2.21. The number of aromatic hydroxyl groups is 1. The summed E-state index contributed by atoms with van der Waals surface area (Å²) < 4.78 is 25.0. The number of likely N-dealkylation sites (tertiary alicyclic amines) is 1. The van der Waals surface area contributed by atoms with Gasteiger partial charge in [-0.15, -0.1) is 0 Å². The van der Waals surface area contributed by atoms with Crippen LogP contribution in [0, 0.1) is 5.92 Å². The summed E-state index contributed by atoms with van der Waals surface area (Å²) >= 11 is 0. The van der Waals surface area contributed by atoms with Crippen molar-refractivity contribution in [3.8, 4) is 5.75 Å². The van der Waals surface area contributed by atoms with Crippen molar-refractivity contribution in [2.24, 2.45) is 5.92 Å². The summed E-state index contributed by atoms with van der Waals surface area (Å²) in [6.45, 7) is 0.344. The van der Waals surface area contributed by atoms with Gasteiger partial charge in [-0.05, 0) is 17.7 Å². The van der Waals surface area contributed by atoms with E-state index >= 15 is 0 Å². The summed E-state index contributed by atoms with van der Waals surface area (Å²) in [5, 5.41) is 19.5. The molecule has 8 heteroatoms. The van der Waals surface area contributed by atoms with Gasteiger partial charge in [-0.2, -0.15) is 0 Å². The molecule has 0 saturated carbocycles. The quantitative estimate of drug-likeness (QED) is 0.762. The molecule has 0 radical (unpaired) electrons. The Bertz CT molecular complexity index is 674. The van der Waals surface area contributed by atoms with Crippen molar-refractivity contribution in [1.29, 1.82) is 0 Å². The number of β-amino-alcohol motifs (C(OH)–C–C–N with tert-alkyl or cyclic N) is 1. The molecule has 1 aromatic rings. The minimum atomic E-state index is -3.43. The van der Waals surface area contributed by atoms with Gasteiger partial charge in [0.1, 0.15) is 5.75 Å². The molecule has 2 rings (SSSR count). The van der Waals surface area contributed by atoms with E-state index in [0.29, 0.717) is 5.56 Å². The monoisotopic (exact) mass is 342 g/mol. The predicted octanol–water partition coefficient (Wildman–Crippen LogP) is -0.355. The number of carbonyl (C=O) groups excluding carboxylic acids is 1. The molecule has 0 bridgehead atoms. The van der Waals surface area contributed by atoms with Crippen molar-refractivity contribution in [1.82, 2.24) is 9.21 Å². The first kappa shape index (κ1) is 17.7. The summed E-state index contributed by atoms with van der Waals surface area (Å²) in [5.74, 6) is -0.779. The number of phenols is 1. The van der Waals surface area contributed by atoms with E-state index in [2.05, 4.69) is 0 Å². The molecule has 1 heterocycles. The molecule has 1 aromatic carbocycles. The second-order valence-corrected chi connectivity index (χ2v) is 8.26. The van der Waals surface area contributed by atoms with Crippen LogP contribution >= 0.6 is 0 Å². The zero-order chi connectivity index (χ0) is 17.2. The molecule has 1 amide bonds. The topological polar surface area (TPSA) is 98.2 Å². The van der Waals surface area contributed by atoms with Gasteiger partial charge in [0.15, 0.2) is 0 Å². The molecule has 0 aromatic heterocycles. The SMILES string of the molecule is CN(C)S(=O)(=O)C[C@@H]1CN(C(=O)Cc2cccc(O)c2)C[C@@H]1O. The van der Waals surface area contributed by atoms with Gasteiger partial charge in [-0.25, -0.2) is 12.7 Å². The maximum atomic E-state index is 12.3. The van der Waals surface area contributed by atoms with Crippen molar-refractivity contribution < 1.29 is 23.4 Å². The number of aliphatic hydroxyl groups is 1. The molecule has 7 nitrogen and oxygen atoms in total. The number of phenolic OH excluding ortho intramolecular Hbond substituents is 1. The minimum Gasteiger partial charge on any atom is -0.508 e. The van der Waals surface area contributed by atoms with Crippen LogP contribution in [-0.2, 0) is 21.2 Å². The van der Waals surface area contributed by atoms with E-state index in [-0.39, 0.29) is 36.9 Å². The van der Waals surface area contributed by atoms with E-state index in [1.807, 2.05) is 0 Å². The Morgan fingerprint density at radius 2 is 2.04 bits per heavy atom. The van der Waals surface area contributed by atoms with Crippen molar-refractivity contribution >= 4 is 15.9 Å². The number of carbonyl (C=O) groups is 1. The van der Waals surface area contributed by atoms with Gasteiger partial charge in [0.05, 0.1) is 18.3 Å². The molecule has 1 aliphatic heterocycles. The van der Waals surface area contributed by atoms with Crippen LogP contribution in [-0.4, -0.2) is 72.8 Å². The fourth-order valence-corrected chi connectivity index (χ4v) is 3.76. The highest BCUT2D eigenvalue weighted by molar-refractivity contribution is 7.89. The Hall–Kier alpha value is -1.64. The molecule has 1 aliphatic rings. The number of sulfonamides is 1. The van der Waals surface area contributed by atoms with Crippen LogP contribution in [0.15, 0.2) is 24.3 Å². The first-order chi connectivity index (χ1) is 10.7. The van der Waals surface area contributed by atoms with E-state index in [0.717, 1.165) is 4.31 Å². The molecular weight excluding hydrogens is 320 g/mol. The van der Waals surface area contributed by atoms with Crippen molar-refractivity contribution in [2.75, 3.05) is 32.9 Å². The van der Waals surface area contributed by atoms with Crippen LogP contribution in [0.25, 0.3) is 0 Å². The van der Waals surface area contributed by atoms with E-state index < -0.39 is 22.0 Å². The van der Waals surface area contributed by atoms with Crippen molar-refractivity contribution in [2.45, 2.75) is 12.5 Å². The summed E-state index contributed by atoms with van der Waals surface area (Å²) in [6, 6.07) is 6.43. The van der Waals surface area contributed by atoms with E-state index in [9.17, 15) is 23.4 Å². The van der Waals surface area contributed by atoms with Crippen LogP contribution in [0.3, 0.4) is 0 Å². The smallest absolute Gasteiger partial charge is 0.227 e. The maximum Gasteiger partial charge on any atom is 0.227 e. The fourth-order valence-electron chi connectivity index (χ4n) is 2.59. The van der Waals surface area contributed by atoms with Gasteiger partial charge >= 0.3 is 0 Å². The van der Waals surface area contributed by atoms with Gasteiger partial charge in [0, 0.05) is 33.1 Å². The van der Waals surface area contributed by atoms with Gasteiger partial charge < -0.3 is 15.1 Å². The Morgan fingerprint density at radius 1 is 1.35 bits per heavy atom. The summed E-state index contributed by atoms with van der Waals surface area (Å²) in [7, 11) is -0.534. The summed E-state index contributed by atoms with van der Waals surface area (Å²) in [6.07, 6.45) is -0.744. The lowest BCUT2D eigenvalue weighted by molar-refractivity contribution is -0.129. The van der Waals surface area contributed by atoms with Crippen LogP contribution < -0.4 is 0 Å². The Labute approximate surface area is 136 Å². The first-order valence-electron chi connectivity index (χ1n) is 7.33. The highest BCUT2D eigenvalue weighted by Gasteiger charge is 2.37. The van der Waals surface area contributed by atoms with Crippen LogP contribution in [0.2, 0.25) is 0 Å². The summed E-state index contributed by atoms with van der Waals surface area (Å²) in [4.78, 5) is 13.8. The predicted molar refractivity (Wildman–Crippen MR) is 85.4 cm³/mol. The molecular formula is C15H22N2O5S. The summed E-state index contributed by atoms with van der Waals surface area (Å²) in [5.41, 5.74) is 0.675. The number of nitrogens with zero attached hydrogens (tertiary/aromatic N) is 2. The fraction of sp³-hybridized carbons (Fsp3) is 0.533. The average Bonchev–Trinajstić information content (AvgIpc) is 2.79. The largest absolute Gasteiger partial charge is 0.508 e. The van der Waals surface area contributed by atoms with Crippen molar-refractivity contribution in [3.05, 3.63) is 29.8 Å². The van der Waals surface area contributed by atoms with Gasteiger partial charge in [0.25, 0.3) is 0 Å². The standard InChI is InChI=1S/C15H22N2O5S/c1-16(2)23(21,22)10-12-8-17(9-14(12)19)15(20)7-11-4-3-5-13(18)6-11/h3-6,12,14,18-19H,7-10H2,1-2H3/t12-,14-/m0/s1. The number of rotatable bonds is 5. The molecule has 0 unspecified atom stereocenters. The van der Waals surface area contributed by atoms with Crippen LogP contribution in [0.1, 0.15) is 5.56 Å². The number of hydrogen-bond donors (Lipinski definition) is 2. The Morgan fingerprint density at radius 3 is 2.65 bits per heavy atom. The number of amides is 1. The lowest BCUT2D eigenvalue weighted by Gasteiger charge is -2.18. The molecule has 1 saturated heterocycles. The van der Waals surface area contributed by atoms with Gasteiger partial charge in [-0.3, -0.25) is 4.79 Å². The zero-order valence-corrected chi connectivity index (χ0v) is 14.0. The van der Waals surface area contributed by atoms with Crippen LogP contribution in [0.5, 0.6) is 5.75 Å². The normalized spacial score (nSPS) is 21.8. The Kier molecular flexibility index (Phi) is 5.28. The lowest BCUT2D eigenvalue weighted by Crippen LogP contribution is -2.34. The molecule has 2 atom stereocenters. The molecule has 0 spiro atoms. The third-order valence-electron chi connectivity index (χ3n) is 4.01. The molecule has 0 aliphatic carbocycles. The van der Waals surface area contributed by atoms with Gasteiger partial charge in [0.2, 0.25) is 15.9 Å². The van der Waals surface area contributed by atoms with E-state index in [4.69, 9.17) is 0 Å². The van der Waals surface area contributed by atoms with E-state index in [1.165, 1.54) is 31.1 Å². The molecule has 128 valence electrons. The Balaban J connectivity index is 1.99. The average molecular weight is 342 g/mol. The second kappa shape index (κ2) is 6.86. The first-order valence-corrected chi connectivity index (χ1v) is 8.94. The molecule has 2 N–H and O–H groups in total. The van der Waals surface area contributed by atoms with Gasteiger partial charge in [-0.1, -0.05) is 12.1 Å².